The Kier molecular flexibility index (Phi) is 5.34. The Bertz CT molecular complexity index is 920. The first-order valence-electron chi connectivity index (χ1n) is 9.57. The van der Waals surface area contributed by atoms with Crippen LogP contribution in [0.5, 0.6) is 0 Å². The van der Waals surface area contributed by atoms with E-state index in [1.54, 1.807) is 39.9 Å². The highest BCUT2D eigenvalue weighted by atomic mass is 32.2. The van der Waals surface area contributed by atoms with Crippen molar-refractivity contribution in [1.82, 2.24) is 4.31 Å². The second-order valence-electron chi connectivity index (χ2n) is 7.21. The van der Waals surface area contributed by atoms with E-state index in [-0.39, 0.29) is 10.8 Å². The Morgan fingerprint density at radius 2 is 1.78 bits per heavy atom. The Morgan fingerprint density at radius 3 is 2.56 bits per heavy atom. The monoisotopic (exact) mass is 404 g/mol. The predicted molar refractivity (Wildman–Crippen MR) is 108 cm³/mol. The van der Waals surface area contributed by atoms with Gasteiger partial charge in [-0.2, -0.15) is 4.31 Å². The van der Waals surface area contributed by atoms with Crippen molar-refractivity contribution in [3.63, 3.8) is 0 Å². The summed E-state index contributed by atoms with van der Waals surface area (Å²) in [6.45, 7) is 1.14. The summed E-state index contributed by atoms with van der Waals surface area (Å²) in [4.78, 5) is 14.9. The zero-order chi connectivity index (χ0) is 18.9. The van der Waals surface area contributed by atoms with E-state index in [0.29, 0.717) is 23.7 Å². The van der Waals surface area contributed by atoms with Crippen molar-refractivity contribution >= 4 is 33.0 Å². The third-order valence-electron chi connectivity index (χ3n) is 5.27. The molecule has 1 saturated heterocycles. The number of aryl methyl sites for hydroxylation is 2. The average Bonchev–Trinajstić information content (AvgIpc) is 3.13. The van der Waals surface area contributed by atoms with Gasteiger partial charge in [0, 0.05) is 23.7 Å². The number of piperidine rings is 1. The topological polar surface area (TPSA) is 66.5 Å². The molecule has 1 N–H and O–H groups in total. The number of rotatable bonds is 4. The molecule has 27 heavy (non-hydrogen) atoms. The molecule has 1 aliphatic heterocycles. The number of sulfonamides is 1. The number of hydrogen-bond acceptors (Lipinski definition) is 4. The lowest BCUT2D eigenvalue weighted by molar-refractivity contribution is 0.103. The molecular weight excluding hydrogens is 380 g/mol. The second kappa shape index (κ2) is 7.73. The van der Waals surface area contributed by atoms with Gasteiger partial charge in [-0.3, -0.25) is 4.79 Å². The third kappa shape index (κ3) is 3.95. The van der Waals surface area contributed by atoms with Crippen LogP contribution in [0.15, 0.2) is 35.2 Å². The number of carbonyl (C=O) groups excluding carboxylic acids is 1. The number of hydrogen-bond donors (Lipinski definition) is 1. The average molecular weight is 405 g/mol. The van der Waals surface area contributed by atoms with E-state index in [1.165, 1.54) is 23.3 Å². The zero-order valence-corrected chi connectivity index (χ0v) is 16.9. The van der Waals surface area contributed by atoms with Crippen LogP contribution in [0.2, 0.25) is 0 Å². The minimum Gasteiger partial charge on any atom is -0.321 e. The Hall–Kier alpha value is -1.70. The van der Waals surface area contributed by atoms with Crippen molar-refractivity contribution in [2.24, 2.45) is 0 Å². The first kappa shape index (κ1) is 18.7. The summed E-state index contributed by atoms with van der Waals surface area (Å²) >= 11 is 1.56. The number of thiophene rings is 1. The van der Waals surface area contributed by atoms with Crippen molar-refractivity contribution in [1.29, 1.82) is 0 Å². The molecule has 2 heterocycles. The number of fused-ring (bicyclic) bond motifs is 1. The highest BCUT2D eigenvalue weighted by Gasteiger charge is 2.26. The van der Waals surface area contributed by atoms with Crippen LogP contribution in [0.25, 0.3) is 0 Å². The van der Waals surface area contributed by atoms with Crippen LogP contribution in [0.4, 0.5) is 5.69 Å². The van der Waals surface area contributed by atoms with E-state index in [0.717, 1.165) is 32.1 Å². The van der Waals surface area contributed by atoms with Crippen LogP contribution in [-0.4, -0.2) is 31.7 Å². The first-order chi connectivity index (χ1) is 13.0. The number of anilines is 1. The minimum atomic E-state index is -3.50. The predicted octanol–water partition coefficient (Wildman–Crippen LogP) is 4.05. The standard InChI is InChI=1S/C20H24N2O3S2/c23-20(19-13-15-7-2-3-10-18(15)26-19)21-16-8-6-9-17(14-16)27(24,25)22-11-4-1-5-12-22/h6,8-9,13-14H,1-5,7,10-12H2,(H,21,23). The van der Waals surface area contributed by atoms with E-state index in [1.807, 2.05) is 6.07 Å². The van der Waals surface area contributed by atoms with E-state index in [9.17, 15) is 13.2 Å². The molecule has 5 nitrogen and oxygen atoms in total. The summed E-state index contributed by atoms with van der Waals surface area (Å²) in [5.74, 6) is -0.165. The van der Waals surface area contributed by atoms with Crippen molar-refractivity contribution in [2.75, 3.05) is 18.4 Å². The van der Waals surface area contributed by atoms with Crippen LogP contribution < -0.4 is 5.32 Å². The fourth-order valence-corrected chi connectivity index (χ4v) is 6.50. The number of amides is 1. The Labute approximate surface area is 164 Å². The minimum absolute atomic E-state index is 0.165. The van der Waals surface area contributed by atoms with Gasteiger partial charge in [-0.05, 0) is 68.4 Å². The molecule has 1 fully saturated rings. The summed E-state index contributed by atoms with van der Waals surface area (Å²) in [7, 11) is -3.50. The molecule has 0 saturated carbocycles. The Morgan fingerprint density at radius 1 is 1.00 bits per heavy atom. The van der Waals surface area contributed by atoms with Crippen LogP contribution in [0, 0.1) is 0 Å². The van der Waals surface area contributed by atoms with Crippen molar-refractivity contribution in [2.45, 2.75) is 49.8 Å². The molecule has 1 amide bonds. The van der Waals surface area contributed by atoms with Crippen LogP contribution in [-0.2, 0) is 22.9 Å². The molecule has 1 aromatic heterocycles. The lowest BCUT2D eigenvalue weighted by Crippen LogP contribution is -2.35. The molecule has 7 heteroatoms. The van der Waals surface area contributed by atoms with Gasteiger partial charge in [0.05, 0.1) is 9.77 Å². The number of carbonyl (C=O) groups is 1. The van der Waals surface area contributed by atoms with Gasteiger partial charge in [-0.1, -0.05) is 12.5 Å². The van der Waals surface area contributed by atoms with Crippen molar-refractivity contribution in [3.05, 3.63) is 45.6 Å². The van der Waals surface area contributed by atoms with E-state index < -0.39 is 10.0 Å². The van der Waals surface area contributed by atoms with Gasteiger partial charge in [0.25, 0.3) is 5.91 Å². The molecule has 1 aliphatic carbocycles. The molecule has 0 spiro atoms. The molecule has 0 bridgehead atoms. The van der Waals surface area contributed by atoms with Gasteiger partial charge in [-0.25, -0.2) is 8.42 Å². The van der Waals surface area contributed by atoms with Gasteiger partial charge < -0.3 is 5.32 Å². The highest BCUT2D eigenvalue weighted by molar-refractivity contribution is 7.89. The third-order valence-corrected chi connectivity index (χ3v) is 8.40. The summed E-state index contributed by atoms with van der Waals surface area (Å²) in [5, 5.41) is 2.87. The SMILES string of the molecule is O=C(Nc1cccc(S(=O)(=O)N2CCCCC2)c1)c1cc2c(s1)CCCC2. The molecule has 144 valence electrons. The maximum Gasteiger partial charge on any atom is 0.265 e. The quantitative estimate of drug-likeness (QED) is 0.836. The van der Waals surface area contributed by atoms with Gasteiger partial charge in [0.15, 0.2) is 0 Å². The summed E-state index contributed by atoms with van der Waals surface area (Å²) in [5.41, 5.74) is 1.81. The number of nitrogens with one attached hydrogen (secondary N) is 1. The maximum absolute atomic E-state index is 12.8. The smallest absolute Gasteiger partial charge is 0.265 e. The molecule has 2 aliphatic rings. The largest absolute Gasteiger partial charge is 0.321 e. The molecule has 2 aromatic rings. The summed E-state index contributed by atoms with van der Waals surface area (Å²) in [6, 6.07) is 8.58. The fraction of sp³-hybridized carbons (Fsp3) is 0.450. The summed E-state index contributed by atoms with van der Waals surface area (Å²) in [6.07, 6.45) is 7.34. The van der Waals surface area contributed by atoms with Crippen LogP contribution in [0.1, 0.15) is 52.2 Å². The first-order valence-corrected chi connectivity index (χ1v) is 11.8. The maximum atomic E-state index is 12.8. The van der Waals surface area contributed by atoms with Gasteiger partial charge in [0.2, 0.25) is 10.0 Å². The molecule has 0 atom stereocenters. The van der Waals surface area contributed by atoms with Crippen molar-refractivity contribution < 1.29 is 13.2 Å². The molecule has 4 rings (SSSR count). The normalized spacial score (nSPS) is 18.1. The number of benzene rings is 1. The van der Waals surface area contributed by atoms with Gasteiger partial charge >= 0.3 is 0 Å². The molecule has 0 unspecified atom stereocenters. The summed E-state index contributed by atoms with van der Waals surface area (Å²) < 4.78 is 27.2. The molecular formula is C20H24N2O3S2. The molecule has 1 aromatic carbocycles. The zero-order valence-electron chi connectivity index (χ0n) is 15.2. The van der Waals surface area contributed by atoms with Gasteiger partial charge in [0.1, 0.15) is 0 Å². The van der Waals surface area contributed by atoms with Crippen LogP contribution >= 0.6 is 11.3 Å². The van der Waals surface area contributed by atoms with E-state index >= 15 is 0 Å². The highest BCUT2D eigenvalue weighted by Crippen LogP contribution is 2.30. The lowest BCUT2D eigenvalue weighted by atomic mass is 9.99. The van der Waals surface area contributed by atoms with Crippen LogP contribution in [0.3, 0.4) is 0 Å². The van der Waals surface area contributed by atoms with E-state index in [2.05, 4.69) is 5.32 Å². The Balaban J connectivity index is 1.52. The van der Waals surface area contributed by atoms with E-state index in [4.69, 9.17) is 0 Å². The second-order valence-corrected chi connectivity index (χ2v) is 10.3. The van der Waals surface area contributed by atoms with Crippen molar-refractivity contribution in [3.8, 4) is 0 Å². The number of nitrogens with zero attached hydrogens (tertiary/aromatic N) is 1. The van der Waals surface area contributed by atoms with Gasteiger partial charge in [-0.15, -0.1) is 11.3 Å². The lowest BCUT2D eigenvalue weighted by Gasteiger charge is -2.26. The molecule has 0 radical (unpaired) electrons. The fourth-order valence-electron chi connectivity index (χ4n) is 3.78.